The molecule has 0 aliphatic carbocycles. The van der Waals surface area contributed by atoms with E-state index in [1.807, 2.05) is 42.7 Å². The van der Waals surface area contributed by atoms with Crippen LogP contribution in [0.3, 0.4) is 0 Å². The number of rotatable bonds is 9. The van der Waals surface area contributed by atoms with Gasteiger partial charge in [-0.05, 0) is 30.2 Å². The Morgan fingerprint density at radius 1 is 1.21 bits per heavy atom. The van der Waals surface area contributed by atoms with E-state index in [1.165, 1.54) is 0 Å². The Balaban J connectivity index is 1.56. The van der Waals surface area contributed by atoms with Gasteiger partial charge < -0.3 is 14.3 Å². The van der Waals surface area contributed by atoms with Crippen LogP contribution in [0.1, 0.15) is 36.6 Å². The van der Waals surface area contributed by atoms with Crippen molar-refractivity contribution in [3.05, 3.63) is 54.2 Å². The van der Waals surface area contributed by atoms with Crippen LogP contribution in [0.2, 0.25) is 0 Å². The van der Waals surface area contributed by atoms with Crippen LogP contribution in [0.5, 0.6) is 0 Å². The molecule has 0 unspecified atom stereocenters. The summed E-state index contributed by atoms with van der Waals surface area (Å²) in [7, 11) is 0. The van der Waals surface area contributed by atoms with E-state index in [9.17, 15) is 4.79 Å². The fraction of sp³-hybridized carbons (Fsp3) is 0.381. The minimum Gasteiger partial charge on any atom is -0.459 e. The smallest absolute Gasteiger partial charge is 0.287 e. The van der Waals surface area contributed by atoms with Gasteiger partial charge in [-0.3, -0.25) is 4.79 Å². The third-order valence-electron chi connectivity index (χ3n) is 4.34. The Morgan fingerprint density at radius 2 is 2.00 bits per heavy atom. The molecule has 0 atom stereocenters. The minimum absolute atomic E-state index is 0.197. The van der Waals surface area contributed by atoms with Crippen molar-refractivity contribution in [1.29, 1.82) is 0 Å². The Kier molecular flexibility index (Phi) is 6.92. The molecule has 1 amide bonds. The first kappa shape index (κ1) is 20.2. The molecule has 0 bridgehead atoms. The van der Waals surface area contributed by atoms with Crippen molar-refractivity contribution in [2.45, 2.75) is 38.4 Å². The zero-order chi connectivity index (χ0) is 19.9. The van der Waals surface area contributed by atoms with Gasteiger partial charge in [0, 0.05) is 25.1 Å². The molecule has 0 fully saturated rings. The zero-order valence-electron chi connectivity index (χ0n) is 16.5. The average Bonchev–Trinajstić information content (AvgIpc) is 3.33. The molecule has 1 N–H and O–H groups in total. The summed E-state index contributed by atoms with van der Waals surface area (Å²) in [6, 6.07) is 11.6. The van der Waals surface area contributed by atoms with Crippen LogP contribution in [-0.4, -0.2) is 33.5 Å². The molecule has 6 nitrogen and oxygen atoms in total. The molecule has 0 radical (unpaired) electrons. The maximum atomic E-state index is 12.5. The van der Waals surface area contributed by atoms with Crippen LogP contribution >= 0.6 is 11.8 Å². The minimum atomic E-state index is -0.197. The van der Waals surface area contributed by atoms with E-state index in [1.54, 1.807) is 18.0 Å². The molecule has 0 aliphatic heterocycles. The molecule has 148 valence electrons. The summed E-state index contributed by atoms with van der Waals surface area (Å²) in [5, 5.41) is 12.5. The Hall–Kier alpha value is -2.54. The van der Waals surface area contributed by atoms with E-state index in [-0.39, 0.29) is 5.91 Å². The SMILES string of the molecule is CSc1nnc(CCCNC(=O)c2occc2-c2ccccc2)n1CC(C)C. The molecular formula is C21H26N4O2S. The van der Waals surface area contributed by atoms with Gasteiger partial charge in [0.1, 0.15) is 5.82 Å². The Labute approximate surface area is 169 Å². The quantitative estimate of drug-likeness (QED) is 0.430. The van der Waals surface area contributed by atoms with Crippen molar-refractivity contribution in [1.82, 2.24) is 20.1 Å². The fourth-order valence-corrected chi connectivity index (χ4v) is 3.59. The van der Waals surface area contributed by atoms with Gasteiger partial charge in [-0.25, -0.2) is 0 Å². The van der Waals surface area contributed by atoms with Crippen LogP contribution in [0.4, 0.5) is 0 Å². The number of carbonyl (C=O) groups is 1. The van der Waals surface area contributed by atoms with Gasteiger partial charge in [-0.15, -0.1) is 10.2 Å². The molecule has 0 saturated carbocycles. The average molecular weight is 399 g/mol. The number of nitrogens with one attached hydrogen (secondary N) is 1. The number of benzene rings is 1. The van der Waals surface area contributed by atoms with Gasteiger partial charge >= 0.3 is 0 Å². The predicted molar refractivity (Wildman–Crippen MR) is 111 cm³/mol. The van der Waals surface area contributed by atoms with Crippen LogP contribution in [0.15, 0.2) is 52.2 Å². The summed E-state index contributed by atoms with van der Waals surface area (Å²) in [4.78, 5) is 12.5. The van der Waals surface area contributed by atoms with E-state index in [0.29, 0.717) is 18.2 Å². The number of nitrogens with zero attached hydrogens (tertiary/aromatic N) is 3. The third-order valence-corrected chi connectivity index (χ3v) is 5.01. The molecule has 28 heavy (non-hydrogen) atoms. The number of hydrogen-bond donors (Lipinski definition) is 1. The van der Waals surface area contributed by atoms with Crippen molar-refractivity contribution >= 4 is 17.7 Å². The second-order valence-electron chi connectivity index (χ2n) is 7.00. The first-order valence-electron chi connectivity index (χ1n) is 9.47. The van der Waals surface area contributed by atoms with E-state index in [0.717, 1.165) is 41.5 Å². The van der Waals surface area contributed by atoms with Crippen LogP contribution in [0.25, 0.3) is 11.1 Å². The summed E-state index contributed by atoms with van der Waals surface area (Å²) >= 11 is 1.61. The zero-order valence-corrected chi connectivity index (χ0v) is 17.3. The predicted octanol–water partition coefficient (Wildman–Crippen LogP) is 4.28. The van der Waals surface area contributed by atoms with Crippen molar-refractivity contribution in [3.63, 3.8) is 0 Å². The monoisotopic (exact) mass is 398 g/mol. The second-order valence-corrected chi connectivity index (χ2v) is 7.77. The molecular weight excluding hydrogens is 372 g/mol. The van der Waals surface area contributed by atoms with Crippen LogP contribution in [-0.2, 0) is 13.0 Å². The standard InChI is InChI=1S/C21H26N4O2S/c1-15(2)14-25-18(23-24-21(25)28-3)10-7-12-22-20(26)19-17(11-13-27-19)16-8-5-4-6-9-16/h4-6,8-9,11,13,15H,7,10,12,14H2,1-3H3,(H,22,26). The van der Waals surface area contributed by atoms with Gasteiger partial charge in [0.05, 0.1) is 6.26 Å². The highest BCUT2D eigenvalue weighted by molar-refractivity contribution is 7.98. The molecule has 2 aromatic heterocycles. The van der Waals surface area contributed by atoms with Gasteiger partial charge in [-0.1, -0.05) is 55.9 Å². The topological polar surface area (TPSA) is 73.0 Å². The van der Waals surface area contributed by atoms with E-state index in [4.69, 9.17) is 4.42 Å². The summed E-state index contributed by atoms with van der Waals surface area (Å²) in [5.41, 5.74) is 1.77. The van der Waals surface area contributed by atoms with Crippen LogP contribution in [0, 0.1) is 5.92 Å². The van der Waals surface area contributed by atoms with E-state index < -0.39 is 0 Å². The van der Waals surface area contributed by atoms with Gasteiger partial charge in [0.15, 0.2) is 10.9 Å². The number of furan rings is 1. The fourth-order valence-electron chi connectivity index (χ4n) is 3.06. The molecule has 3 rings (SSSR count). The molecule has 0 aliphatic rings. The summed E-state index contributed by atoms with van der Waals surface area (Å²) in [5.74, 6) is 1.64. The maximum absolute atomic E-state index is 12.5. The third kappa shape index (κ3) is 4.84. The second kappa shape index (κ2) is 9.59. The maximum Gasteiger partial charge on any atom is 0.287 e. The number of hydrogen-bond acceptors (Lipinski definition) is 5. The summed E-state index contributed by atoms with van der Waals surface area (Å²) < 4.78 is 7.61. The lowest BCUT2D eigenvalue weighted by atomic mass is 10.1. The number of aromatic nitrogens is 3. The molecule has 1 aromatic carbocycles. The highest BCUT2D eigenvalue weighted by atomic mass is 32.2. The van der Waals surface area contributed by atoms with Gasteiger partial charge in [0.2, 0.25) is 0 Å². The number of aryl methyl sites for hydroxylation is 1. The van der Waals surface area contributed by atoms with Crippen LogP contribution < -0.4 is 5.32 Å². The van der Waals surface area contributed by atoms with Gasteiger partial charge in [0.25, 0.3) is 5.91 Å². The number of thioether (sulfide) groups is 1. The normalized spacial score (nSPS) is 11.1. The highest BCUT2D eigenvalue weighted by Gasteiger charge is 2.17. The van der Waals surface area contributed by atoms with Crippen molar-refractivity contribution in [2.75, 3.05) is 12.8 Å². The Bertz CT molecular complexity index is 902. The molecule has 0 spiro atoms. The van der Waals surface area contributed by atoms with Crippen molar-refractivity contribution < 1.29 is 9.21 Å². The molecule has 0 saturated heterocycles. The summed E-state index contributed by atoms with van der Waals surface area (Å²) in [6.45, 7) is 5.82. The van der Waals surface area contributed by atoms with E-state index >= 15 is 0 Å². The van der Waals surface area contributed by atoms with Crippen molar-refractivity contribution in [3.8, 4) is 11.1 Å². The van der Waals surface area contributed by atoms with Gasteiger partial charge in [-0.2, -0.15) is 0 Å². The molecule has 2 heterocycles. The first-order chi connectivity index (χ1) is 13.6. The highest BCUT2D eigenvalue weighted by Crippen LogP contribution is 2.24. The van der Waals surface area contributed by atoms with E-state index in [2.05, 4.69) is 33.9 Å². The Morgan fingerprint density at radius 3 is 2.71 bits per heavy atom. The molecule has 7 heteroatoms. The lowest BCUT2D eigenvalue weighted by molar-refractivity contribution is 0.0926. The summed E-state index contributed by atoms with van der Waals surface area (Å²) in [6.07, 6.45) is 5.12. The first-order valence-corrected chi connectivity index (χ1v) is 10.7. The van der Waals surface area contributed by atoms with Crippen molar-refractivity contribution in [2.24, 2.45) is 5.92 Å². The lowest BCUT2D eigenvalue weighted by Gasteiger charge is -2.11. The molecule has 3 aromatic rings. The lowest BCUT2D eigenvalue weighted by Crippen LogP contribution is -2.25. The largest absolute Gasteiger partial charge is 0.459 e. The number of amides is 1. The number of carbonyl (C=O) groups excluding carboxylic acids is 1.